The molecule has 4 unspecified atom stereocenters. The molecule has 0 heterocycles. The smallest absolute Gasteiger partial charge is 0.0504 e. The molecule has 2 nitrogen and oxygen atoms in total. The van der Waals surface area contributed by atoms with Gasteiger partial charge in [0.05, 0.1) is 5.25 Å². The van der Waals surface area contributed by atoms with Crippen LogP contribution >= 0.6 is 0 Å². The van der Waals surface area contributed by atoms with Crippen LogP contribution in [0.4, 0.5) is 0 Å². The fourth-order valence-electron chi connectivity index (χ4n) is 3.37. The highest BCUT2D eigenvalue weighted by Crippen LogP contribution is 2.41. The molecule has 1 saturated carbocycles. The molecule has 0 spiro atoms. The lowest BCUT2D eigenvalue weighted by Crippen LogP contribution is -2.49. The second-order valence-electron chi connectivity index (χ2n) is 7.50. The molecule has 4 atom stereocenters. The van der Waals surface area contributed by atoms with E-state index in [1.807, 2.05) is 0 Å². The van der Waals surface area contributed by atoms with Gasteiger partial charge in [-0.25, -0.2) is 0 Å². The molecular formula is C17H35NOS. The van der Waals surface area contributed by atoms with Crippen molar-refractivity contribution in [3.05, 3.63) is 0 Å². The van der Waals surface area contributed by atoms with Gasteiger partial charge in [-0.1, -0.05) is 48.0 Å². The SMILES string of the molecule is CCNC1CCC(C(C)(C)CC)CC1S(=O)CC(C)C. The Kier molecular flexibility index (Phi) is 7.20. The first-order chi connectivity index (χ1) is 9.31. The Balaban J connectivity index is 2.79. The van der Waals surface area contributed by atoms with E-state index < -0.39 is 10.8 Å². The van der Waals surface area contributed by atoms with Crippen LogP contribution in [0.5, 0.6) is 0 Å². The van der Waals surface area contributed by atoms with E-state index in [2.05, 4.69) is 46.9 Å². The van der Waals surface area contributed by atoms with Crippen LogP contribution < -0.4 is 5.32 Å². The quantitative estimate of drug-likeness (QED) is 0.771. The second-order valence-corrected chi connectivity index (χ2v) is 9.20. The summed E-state index contributed by atoms with van der Waals surface area (Å²) in [6.45, 7) is 14.6. The Morgan fingerprint density at radius 2 is 1.90 bits per heavy atom. The highest BCUT2D eigenvalue weighted by atomic mass is 32.2. The summed E-state index contributed by atoms with van der Waals surface area (Å²) in [4.78, 5) is 0. The molecule has 1 N–H and O–H groups in total. The van der Waals surface area contributed by atoms with Gasteiger partial charge < -0.3 is 5.32 Å². The summed E-state index contributed by atoms with van der Waals surface area (Å²) in [6.07, 6.45) is 4.83. The minimum atomic E-state index is -0.688. The summed E-state index contributed by atoms with van der Waals surface area (Å²) in [7, 11) is -0.688. The van der Waals surface area contributed by atoms with Crippen molar-refractivity contribution in [1.29, 1.82) is 0 Å². The predicted molar refractivity (Wildman–Crippen MR) is 90.5 cm³/mol. The van der Waals surface area contributed by atoms with Gasteiger partial charge in [-0.15, -0.1) is 0 Å². The van der Waals surface area contributed by atoms with E-state index in [-0.39, 0.29) is 0 Å². The zero-order valence-electron chi connectivity index (χ0n) is 14.4. The van der Waals surface area contributed by atoms with Gasteiger partial charge in [0.15, 0.2) is 0 Å². The molecular weight excluding hydrogens is 266 g/mol. The van der Waals surface area contributed by atoms with Crippen molar-refractivity contribution >= 4 is 10.8 Å². The monoisotopic (exact) mass is 301 g/mol. The summed E-state index contributed by atoms with van der Waals surface area (Å²) >= 11 is 0. The van der Waals surface area contributed by atoms with E-state index in [1.165, 1.54) is 19.3 Å². The highest BCUT2D eigenvalue weighted by molar-refractivity contribution is 7.85. The fourth-order valence-corrected chi connectivity index (χ4v) is 5.32. The fraction of sp³-hybridized carbons (Fsp3) is 1.00. The molecule has 0 aromatic carbocycles. The van der Waals surface area contributed by atoms with Crippen molar-refractivity contribution in [2.75, 3.05) is 12.3 Å². The number of nitrogens with one attached hydrogen (secondary N) is 1. The lowest BCUT2D eigenvalue weighted by atomic mass is 9.68. The zero-order chi connectivity index (χ0) is 15.3. The number of rotatable bonds is 7. The third-order valence-electron chi connectivity index (χ3n) is 5.11. The first kappa shape index (κ1) is 18.2. The Hall–Kier alpha value is 0.110. The molecule has 0 amide bonds. The molecule has 0 aromatic heterocycles. The van der Waals surface area contributed by atoms with Gasteiger partial charge >= 0.3 is 0 Å². The van der Waals surface area contributed by atoms with Crippen LogP contribution in [0, 0.1) is 17.3 Å². The Labute approximate surface area is 128 Å². The lowest BCUT2D eigenvalue weighted by molar-refractivity contribution is 0.140. The molecule has 0 bridgehead atoms. The van der Waals surface area contributed by atoms with Crippen LogP contribution in [0.1, 0.15) is 67.2 Å². The minimum absolute atomic E-state index is 0.349. The van der Waals surface area contributed by atoms with Crippen LogP contribution in [0.3, 0.4) is 0 Å². The first-order valence-corrected chi connectivity index (χ1v) is 9.80. The Morgan fingerprint density at radius 3 is 2.40 bits per heavy atom. The van der Waals surface area contributed by atoms with E-state index in [0.717, 1.165) is 24.6 Å². The van der Waals surface area contributed by atoms with Gasteiger partial charge in [0, 0.05) is 22.6 Å². The molecule has 1 aliphatic carbocycles. The van der Waals surface area contributed by atoms with Crippen molar-refractivity contribution in [2.45, 2.75) is 78.5 Å². The summed E-state index contributed by atoms with van der Waals surface area (Å²) in [5, 5.41) is 3.93. The molecule has 3 heteroatoms. The Morgan fingerprint density at radius 1 is 1.25 bits per heavy atom. The maximum atomic E-state index is 12.7. The number of hydrogen-bond donors (Lipinski definition) is 1. The third-order valence-corrected chi connectivity index (χ3v) is 7.30. The molecule has 1 fully saturated rings. The largest absolute Gasteiger partial charge is 0.313 e. The van der Waals surface area contributed by atoms with Crippen LogP contribution in [-0.4, -0.2) is 27.8 Å². The van der Waals surface area contributed by atoms with Crippen LogP contribution in [0.15, 0.2) is 0 Å². The second kappa shape index (κ2) is 7.93. The van der Waals surface area contributed by atoms with E-state index in [1.54, 1.807) is 0 Å². The van der Waals surface area contributed by atoms with E-state index in [4.69, 9.17) is 0 Å². The molecule has 0 aromatic rings. The molecule has 0 saturated heterocycles. The van der Waals surface area contributed by atoms with Crippen molar-refractivity contribution in [2.24, 2.45) is 17.3 Å². The summed E-state index contributed by atoms with van der Waals surface area (Å²) < 4.78 is 12.7. The van der Waals surface area contributed by atoms with Crippen LogP contribution in [-0.2, 0) is 10.8 Å². The average Bonchev–Trinajstić information content (AvgIpc) is 2.38. The Bertz CT molecular complexity index is 314. The standard InChI is InChI=1S/C17H35NOS/c1-7-17(5,6)14-9-10-15(18-8-2)16(11-14)20(19)12-13(3)4/h13-16,18H,7-12H2,1-6H3. The molecule has 1 rings (SSSR count). The van der Waals surface area contributed by atoms with Crippen LogP contribution in [0.25, 0.3) is 0 Å². The van der Waals surface area contributed by atoms with Gasteiger partial charge in [-0.2, -0.15) is 0 Å². The van der Waals surface area contributed by atoms with Crippen molar-refractivity contribution in [3.8, 4) is 0 Å². The van der Waals surface area contributed by atoms with E-state index >= 15 is 0 Å². The predicted octanol–water partition coefficient (Wildman–Crippen LogP) is 3.97. The van der Waals surface area contributed by atoms with Gasteiger partial charge in [0.2, 0.25) is 0 Å². The highest BCUT2D eigenvalue weighted by Gasteiger charge is 2.39. The molecule has 1 aliphatic rings. The summed E-state index contributed by atoms with van der Waals surface area (Å²) in [5.41, 5.74) is 0.386. The van der Waals surface area contributed by atoms with Gasteiger partial charge in [0.25, 0.3) is 0 Å². The maximum absolute atomic E-state index is 12.7. The summed E-state index contributed by atoms with van der Waals surface area (Å²) in [5.74, 6) is 2.10. The molecule has 0 aliphatic heterocycles. The van der Waals surface area contributed by atoms with Gasteiger partial charge in [-0.3, -0.25) is 4.21 Å². The lowest BCUT2D eigenvalue weighted by Gasteiger charge is -2.43. The van der Waals surface area contributed by atoms with Crippen LogP contribution in [0.2, 0.25) is 0 Å². The minimum Gasteiger partial charge on any atom is -0.313 e. The van der Waals surface area contributed by atoms with Gasteiger partial charge in [0.1, 0.15) is 0 Å². The topological polar surface area (TPSA) is 29.1 Å². The maximum Gasteiger partial charge on any atom is 0.0504 e. The van der Waals surface area contributed by atoms with Crippen molar-refractivity contribution < 1.29 is 4.21 Å². The summed E-state index contributed by atoms with van der Waals surface area (Å²) in [6, 6.07) is 0.462. The van der Waals surface area contributed by atoms with Crippen molar-refractivity contribution in [3.63, 3.8) is 0 Å². The van der Waals surface area contributed by atoms with E-state index in [9.17, 15) is 4.21 Å². The van der Waals surface area contributed by atoms with E-state index in [0.29, 0.717) is 22.6 Å². The van der Waals surface area contributed by atoms with Crippen molar-refractivity contribution in [1.82, 2.24) is 5.32 Å². The average molecular weight is 302 g/mol. The molecule has 0 radical (unpaired) electrons. The third kappa shape index (κ3) is 4.84. The first-order valence-electron chi connectivity index (χ1n) is 8.42. The molecule has 20 heavy (non-hydrogen) atoms. The number of hydrogen-bond acceptors (Lipinski definition) is 2. The molecule has 120 valence electrons. The van der Waals surface area contributed by atoms with Gasteiger partial charge in [-0.05, 0) is 43.1 Å². The normalized spacial score (nSPS) is 29.6. The zero-order valence-corrected chi connectivity index (χ0v) is 15.2.